The minimum absolute atomic E-state index is 0.728. The largest absolute Gasteiger partial charge is 0.370 e. The molecule has 1 saturated heterocycles. The van der Waals surface area contributed by atoms with E-state index in [-0.39, 0.29) is 0 Å². The first kappa shape index (κ1) is 15.3. The summed E-state index contributed by atoms with van der Waals surface area (Å²) in [7, 11) is 0. The highest BCUT2D eigenvalue weighted by molar-refractivity contribution is 5.48. The number of rotatable bonds is 7. The number of hydrogen-bond donors (Lipinski definition) is 1. The summed E-state index contributed by atoms with van der Waals surface area (Å²) in [5, 5.41) is 3.37. The molecule has 0 aromatic heterocycles. The van der Waals surface area contributed by atoms with Crippen molar-refractivity contribution in [3.05, 3.63) is 29.8 Å². The second kappa shape index (κ2) is 7.65. The summed E-state index contributed by atoms with van der Waals surface area (Å²) < 4.78 is 0. The van der Waals surface area contributed by atoms with Crippen LogP contribution in [0.2, 0.25) is 0 Å². The third-order valence-corrected chi connectivity index (χ3v) is 4.37. The Morgan fingerprint density at radius 3 is 2.45 bits per heavy atom. The van der Waals surface area contributed by atoms with Crippen molar-refractivity contribution >= 4 is 5.69 Å². The zero-order valence-electron chi connectivity index (χ0n) is 13.2. The number of nitrogens with zero attached hydrogens (tertiary/aromatic N) is 2. The Hall–Kier alpha value is -1.06. The van der Waals surface area contributed by atoms with Gasteiger partial charge in [0.05, 0.1) is 0 Å². The van der Waals surface area contributed by atoms with Crippen molar-refractivity contribution in [3.8, 4) is 0 Å². The fourth-order valence-corrected chi connectivity index (χ4v) is 3.11. The summed E-state index contributed by atoms with van der Waals surface area (Å²) >= 11 is 0. The molecule has 20 heavy (non-hydrogen) atoms. The van der Waals surface area contributed by atoms with Crippen LogP contribution in [0.4, 0.5) is 5.69 Å². The molecule has 1 fully saturated rings. The first-order valence-corrected chi connectivity index (χ1v) is 8.07. The van der Waals surface area contributed by atoms with E-state index >= 15 is 0 Å². The highest BCUT2D eigenvalue weighted by Gasteiger charge is 2.26. The van der Waals surface area contributed by atoms with Crippen LogP contribution in [0.15, 0.2) is 24.3 Å². The molecule has 0 amide bonds. The van der Waals surface area contributed by atoms with E-state index in [2.05, 4.69) is 60.2 Å². The quantitative estimate of drug-likeness (QED) is 0.825. The van der Waals surface area contributed by atoms with E-state index < -0.39 is 0 Å². The molecular formula is C17H29N3. The van der Waals surface area contributed by atoms with E-state index in [0.717, 1.165) is 32.2 Å². The number of hydrogen-bond acceptors (Lipinski definition) is 3. The van der Waals surface area contributed by atoms with E-state index in [4.69, 9.17) is 0 Å². The zero-order valence-corrected chi connectivity index (χ0v) is 13.2. The van der Waals surface area contributed by atoms with Gasteiger partial charge >= 0.3 is 0 Å². The van der Waals surface area contributed by atoms with Crippen LogP contribution in [0.25, 0.3) is 0 Å². The number of nitrogens with one attached hydrogen (secondary N) is 1. The first-order chi connectivity index (χ1) is 9.78. The molecule has 0 bridgehead atoms. The Kier molecular flexibility index (Phi) is 5.86. The molecule has 1 heterocycles. The maximum absolute atomic E-state index is 3.37. The molecule has 1 N–H and O–H groups in total. The Morgan fingerprint density at radius 2 is 1.85 bits per heavy atom. The molecule has 2 rings (SSSR count). The van der Waals surface area contributed by atoms with Crippen LogP contribution in [0.3, 0.4) is 0 Å². The van der Waals surface area contributed by atoms with Gasteiger partial charge < -0.3 is 10.2 Å². The molecule has 1 aromatic carbocycles. The molecule has 112 valence electrons. The predicted octanol–water partition coefficient (Wildman–Crippen LogP) is 2.72. The molecule has 1 unspecified atom stereocenters. The summed E-state index contributed by atoms with van der Waals surface area (Å²) in [6, 6.07) is 9.78. The van der Waals surface area contributed by atoms with Crippen molar-refractivity contribution in [2.24, 2.45) is 0 Å². The summed E-state index contributed by atoms with van der Waals surface area (Å²) in [5.41, 5.74) is 2.75. The molecule has 1 aromatic rings. The van der Waals surface area contributed by atoms with Crippen molar-refractivity contribution in [2.45, 2.75) is 39.8 Å². The Balaban J connectivity index is 1.92. The molecular weight excluding hydrogens is 246 g/mol. The van der Waals surface area contributed by atoms with Crippen LogP contribution < -0.4 is 10.2 Å². The lowest BCUT2D eigenvalue weighted by Crippen LogP contribution is -2.37. The SMILES string of the molecule is CCNCc1ccc(N2CCC(N(CC)CC)C2)cc1. The highest BCUT2D eigenvalue weighted by Crippen LogP contribution is 2.23. The van der Waals surface area contributed by atoms with Crippen LogP contribution in [0.1, 0.15) is 32.8 Å². The van der Waals surface area contributed by atoms with Gasteiger partial charge in [0.15, 0.2) is 0 Å². The number of anilines is 1. The van der Waals surface area contributed by atoms with Gasteiger partial charge in [-0.3, -0.25) is 4.90 Å². The molecule has 0 radical (unpaired) electrons. The summed E-state index contributed by atoms with van der Waals surface area (Å²) in [6.07, 6.45) is 1.29. The van der Waals surface area contributed by atoms with Gasteiger partial charge in [0.2, 0.25) is 0 Å². The molecule has 3 heteroatoms. The Morgan fingerprint density at radius 1 is 1.15 bits per heavy atom. The van der Waals surface area contributed by atoms with Crippen LogP contribution >= 0.6 is 0 Å². The Bertz CT molecular complexity index is 384. The summed E-state index contributed by atoms with van der Waals surface area (Å²) in [4.78, 5) is 5.11. The van der Waals surface area contributed by atoms with Gasteiger partial charge in [0.25, 0.3) is 0 Å². The van der Waals surface area contributed by atoms with Gasteiger partial charge in [0.1, 0.15) is 0 Å². The lowest BCUT2D eigenvalue weighted by Gasteiger charge is -2.26. The second-order valence-corrected chi connectivity index (χ2v) is 5.56. The van der Waals surface area contributed by atoms with E-state index in [1.165, 1.54) is 30.8 Å². The fourth-order valence-electron chi connectivity index (χ4n) is 3.11. The lowest BCUT2D eigenvalue weighted by molar-refractivity contribution is 0.232. The van der Waals surface area contributed by atoms with Gasteiger partial charge in [-0.2, -0.15) is 0 Å². The average molecular weight is 275 g/mol. The molecule has 3 nitrogen and oxygen atoms in total. The van der Waals surface area contributed by atoms with Crippen LogP contribution in [-0.4, -0.2) is 43.7 Å². The molecule has 1 atom stereocenters. The van der Waals surface area contributed by atoms with Crippen LogP contribution in [0, 0.1) is 0 Å². The maximum atomic E-state index is 3.37. The van der Waals surface area contributed by atoms with Crippen molar-refractivity contribution in [2.75, 3.05) is 37.6 Å². The third kappa shape index (κ3) is 3.74. The third-order valence-electron chi connectivity index (χ3n) is 4.37. The van der Waals surface area contributed by atoms with Gasteiger partial charge in [-0.15, -0.1) is 0 Å². The van der Waals surface area contributed by atoms with E-state index in [9.17, 15) is 0 Å². The first-order valence-electron chi connectivity index (χ1n) is 8.07. The molecule has 1 aliphatic rings. The molecule has 1 aliphatic heterocycles. The normalized spacial score (nSPS) is 19.0. The average Bonchev–Trinajstić information content (AvgIpc) is 2.97. The van der Waals surface area contributed by atoms with Gasteiger partial charge in [-0.25, -0.2) is 0 Å². The highest BCUT2D eigenvalue weighted by atomic mass is 15.2. The standard InChI is InChI=1S/C17H29N3/c1-4-18-13-15-7-9-16(10-8-15)20-12-11-17(14-20)19(5-2)6-3/h7-10,17-18H,4-6,11-14H2,1-3H3. The predicted molar refractivity (Wildman–Crippen MR) is 87.4 cm³/mol. The fraction of sp³-hybridized carbons (Fsp3) is 0.647. The molecule has 0 aliphatic carbocycles. The summed E-state index contributed by atoms with van der Waals surface area (Å²) in [6.45, 7) is 13.4. The van der Waals surface area contributed by atoms with Crippen LogP contribution in [-0.2, 0) is 6.54 Å². The molecule has 0 spiro atoms. The van der Waals surface area contributed by atoms with E-state index in [0.29, 0.717) is 0 Å². The lowest BCUT2D eigenvalue weighted by atomic mass is 10.2. The smallest absolute Gasteiger partial charge is 0.0366 e. The van der Waals surface area contributed by atoms with Gasteiger partial charge in [-0.1, -0.05) is 32.9 Å². The molecule has 0 saturated carbocycles. The van der Waals surface area contributed by atoms with E-state index in [1.807, 2.05) is 0 Å². The van der Waals surface area contributed by atoms with Crippen molar-refractivity contribution in [3.63, 3.8) is 0 Å². The number of likely N-dealkylation sites (N-methyl/N-ethyl adjacent to an activating group) is 1. The second-order valence-electron chi connectivity index (χ2n) is 5.56. The number of benzene rings is 1. The minimum Gasteiger partial charge on any atom is -0.370 e. The van der Waals surface area contributed by atoms with Gasteiger partial charge in [0, 0.05) is 31.4 Å². The van der Waals surface area contributed by atoms with Crippen molar-refractivity contribution < 1.29 is 0 Å². The van der Waals surface area contributed by atoms with Crippen LogP contribution in [0.5, 0.6) is 0 Å². The van der Waals surface area contributed by atoms with Gasteiger partial charge in [-0.05, 0) is 43.8 Å². The van der Waals surface area contributed by atoms with Crippen molar-refractivity contribution in [1.82, 2.24) is 10.2 Å². The summed E-state index contributed by atoms with van der Waals surface area (Å²) in [5.74, 6) is 0. The topological polar surface area (TPSA) is 18.5 Å². The monoisotopic (exact) mass is 275 g/mol. The maximum Gasteiger partial charge on any atom is 0.0366 e. The van der Waals surface area contributed by atoms with E-state index in [1.54, 1.807) is 0 Å². The zero-order chi connectivity index (χ0) is 14.4. The van der Waals surface area contributed by atoms with Crippen molar-refractivity contribution in [1.29, 1.82) is 0 Å². The Labute approximate surface area is 124 Å². The minimum atomic E-state index is 0.728.